The lowest BCUT2D eigenvalue weighted by atomic mass is 10.2. The molecule has 0 amide bonds. The van der Waals surface area contributed by atoms with Gasteiger partial charge in [0.15, 0.2) is 5.16 Å². The molecular formula is C20H19IN2O4S. The SMILES string of the molecule is CCOC(=O)[C@@H](C)Sc1nc2ccc(I)cc2c(=O)n1-c1ccc(OC)cc1. The van der Waals surface area contributed by atoms with E-state index in [9.17, 15) is 9.59 Å². The molecule has 0 saturated carbocycles. The lowest BCUT2D eigenvalue weighted by molar-refractivity contribution is -0.142. The van der Waals surface area contributed by atoms with Crippen LogP contribution in [0.3, 0.4) is 0 Å². The minimum Gasteiger partial charge on any atom is -0.497 e. The van der Waals surface area contributed by atoms with Crippen LogP contribution in [-0.2, 0) is 9.53 Å². The number of nitrogens with zero attached hydrogens (tertiary/aromatic N) is 2. The standard InChI is InChI=1S/C20H19IN2O4S/c1-4-27-19(25)12(2)28-20-22-17-10-5-13(21)11-16(17)18(24)23(20)14-6-8-15(26-3)9-7-14/h5-12H,4H2,1-3H3/t12-/m1/s1. The third kappa shape index (κ3) is 4.33. The number of hydrogen-bond donors (Lipinski definition) is 0. The van der Waals surface area contributed by atoms with Crippen LogP contribution in [0, 0.1) is 3.57 Å². The number of carbonyl (C=O) groups is 1. The normalized spacial score (nSPS) is 12.0. The van der Waals surface area contributed by atoms with Crippen LogP contribution < -0.4 is 10.3 Å². The summed E-state index contributed by atoms with van der Waals surface area (Å²) in [5.74, 6) is 0.347. The number of carbonyl (C=O) groups excluding carboxylic acids is 1. The molecule has 6 nitrogen and oxygen atoms in total. The first-order valence-corrected chi connectivity index (χ1v) is 10.6. The van der Waals surface area contributed by atoms with Crippen LogP contribution in [0.2, 0.25) is 0 Å². The molecule has 0 spiro atoms. The number of rotatable bonds is 6. The minimum atomic E-state index is -0.502. The Morgan fingerprint density at radius 2 is 1.96 bits per heavy atom. The fourth-order valence-corrected chi connectivity index (χ4v) is 4.06. The van der Waals surface area contributed by atoms with E-state index in [1.807, 2.05) is 18.2 Å². The lowest BCUT2D eigenvalue weighted by Gasteiger charge is -2.16. The van der Waals surface area contributed by atoms with Gasteiger partial charge in [-0.3, -0.25) is 14.2 Å². The van der Waals surface area contributed by atoms with Gasteiger partial charge in [-0.1, -0.05) is 11.8 Å². The van der Waals surface area contributed by atoms with Crippen molar-refractivity contribution in [2.24, 2.45) is 0 Å². The van der Waals surface area contributed by atoms with Gasteiger partial charge in [0.2, 0.25) is 0 Å². The molecule has 28 heavy (non-hydrogen) atoms. The van der Waals surface area contributed by atoms with Crippen molar-refractivity contribution in [1.29, 1.82) is 0 Å². The number of ether oxygens (including phenoxy) is 2. The van der Waals surface area contributed by atoms with E-state index < -0.39 is 5.25 Å². The van der Waals surface area contributed by atoms with E-state index in [0.29, 0.717) is 34.1 Å². The first-order chi connectivity index (χ1) is 13.4. The van der Waals surface area contributed by atoms with Gasteiger partial charge in [-0.25, -0.2) is 4.98 Å². The van der Waals surface area contributed by atoms with Crippen LogP contribution in [-0.4, -0.2) is 34.5 Å². The summed E-state index contributed by atoms with van der Waals surface area (Å²) in [5, 5.41) is 0.456. The Kier molecular flexibility index (Phi) is 6.61. The van der Waals surface area contributed by atoms with Crippen molar-refractivity contribution in [2.45, 2.75) is 24.3 Å². The van der Waals surface area contributed by atoms with Crippen LogP contribution in [0.1, 0.15) is 13.8 Å². The predicted molar refractivity (Wildman–Crippen MR) is 119 cm³/mol. The summed E-state index contributed by atoms with van der Waals surface area (Å²) in [6, 6.07) is 12.7. The number of esters is 1. The highest BCUT2D eigenvalue weighted by Gasteiger charge is 2.21. The topological polar surface area (TPSA) is 70.4 Å². The number of aromatic nitrogens is 2. The molecule has 8 heteroatoms. The first-order valence-electron chi connectivity index (χ1n) is 8.64. The maximum atomic E-state index is 13.3. The summed E-state index contributed by atoms with van der Waals surface area (Å²) in [5.41, 5.74) is 1.05. The van der Waals surface area contributed by atoms with Crippen molar-refractivity contribution < 1.29 is 14.3 Å². The zero-order chi connectivity index (χ0) is 20.3. The quantitative estimate of drug-likeness (QED) is 0.216. The van der Waals surface area contributed by atoms with E-state index >= 15 is 0 Å². The summed E-state index contributed by atoms with van der Waals surface area (Å²) in [4.78, 5) is 30.1. The second kappa shape index (κ2) is 8.95. The van der Waals surface area contributed by atoms with Crippen molar-refractivity contribution in [3.8, 4) is 11.4 Å². The average Bonchev–Trinajstić information content (AvgIpc) is 2.69. The molecule has 0 aliphatic heterocycles. The zero-order valence-electron chi connectivity index (χ0n) is 15.6. The predicted octanol–water partition coefficient (Wildman–Crippen LogP) is 4.04. The van der Waals surface area contributed by atoms with E-state index in [-0.39, 0.29) is 11.5 Å². The van der Waals surface area contributed by atoms with Gasteiger partial charge in [0.05, 0.1) is 30.3 Å². The molecule has 0 N–H and O–H groups in total. The van der Waals surface area contributed by atoms with Crippen LogP contribution in [0.15, 0.2) is 52.4 Å². The smallest absolute Gasteiger partial charge is 0.319 e. The molecule has 3 aromatic rings. The Labute approximate surface area is 180 Å². The maximum Gasteiger partial charge on any atom is 0.319 e. The summed E-state index contributed by atoms with van der Waals surface area (Å²) in [6.07, 6.45) is 0. The molecule has 0 saturated heterocycles. The molecular weight excluding hydrogens is 491 g/mol. The fraction of sp³-hybridized carbons (Fsp3) is 0.250. The number of halogens is 1. The molecule has 2 aromatic carbocycles. The Bertz CT molecular complexity index is 1070. The number of hydrogen-bond acceptors (Lipinski definition) is 6. The average molecular weight is 510 g/mol. The lowest BCUT2D eigenvalue weighted by Crippen LogP contribution is -2.24. The van der Waals surface area contributed by atoms with Gasteiger partial charge in [0.1, 0.15) is 11.0 Å². The number of thioether (sulfide) groups is 1. The number of methoxy groups -OCH3 is 1. The molecule has 1 heterocycles. The zero-order valence-corrected chi connectivity index (χ0v) is 18.6. The largest absolute Gasteiger partial charge is 0.497 e. The van der Waals surface area contributed by atoms with Crippen LogP contribution >= 0.6 is 34.4 Å². The van der Waals surface area contributed by atoms with Crippen LogP contribution in [0.4, 0.5) is 0 Å². The summed E-state index contributed by atoms with van der Waals surface area (Å²) in [6.45, 7) is 3.81. The molecule has 0 aliphatic rings. The molecule has 0 fully saturated rings. The van der Waals surface area contributed by atoms with Crippen molar-refractivity contribution in [1.82, 2.24) is 9.55 Å². The highest BCUT2D eigenvalue weighted by atomic mass is 127. The van der Waals surface area contributed by atoms with Gasteiger partial charge in [-0.2, -0.15) is 0 Å². The molecule has 0 aliphatic carbocycles. The van der Waals surface area contributed by atoms with E-state index in [1.165, 1.54) is 16.3 Å². The second-order valence-corrected chi connectivity index (χ2v) is 8.46. The monoisotopic (exact) mass is 510 g/mol. The van der Waals surface area contributed by atoms with Gasteiger partial charge < -0.3 is 9.47 Å². The van der Waals surface area contributed by atoms with E-state index in [0.717, 1.165) is 3.57 Å². The summed E-state index contributed by atoms with van der Waals surface area (Å²) >= 11 is 3.37. The van der Waals surface area contributed by atoms with Gasteiger partial charge in [-0.05, 0) is 78.9 Å². The highest BCUT2D eigenvalue weighted by Crippen LogP contribution is 2.27. The van der Waals surface area contributed by atoms with Gasteiger partial charge in [0.25, 0.3) is 5.56 Å². The van der Waals surface area contributed by atoms with Gasteiger partial charge >= 0.3 is 5.97 Å². The Morgan fingerprint density at radius 3 is 2.61 bits per heavy atom. The molecule has 0 radical (unpaired) electrons. The summed E-state index contributed by atoms with van der Waals surface area (Å²) in [7, 11) is 1.59. The van der Waals surface area contributed by atoms with Gasteiger partial charge in [-0.15, -0.1) is 0 Å². The molecule has 146 valence electrons. The van der Waals surface area contributed by atoms with Crippen molar-refractivity contribution >= 4 is 51.2 Å². The van der Waals surface area contributed by atoms with E-state index in [1.54, 1.807) is 45.2 Å². The second-order valence-electron chi connectivity index (χ2n) is 5.91. The van der Waals surface area contributed by atoms with E-state index in [4.69, 9.17) is 9.47 Å². The highest BCUT2D eigenvalue weighted by molar-refractivity contribution is 14.1. The van der Waals surface area contributed by atoms with Crippen LogP contribution in [0.5, 0.6) is 5.75 Å². The Balaban J connectivity index is 2.18. The number of benzene rings is 2. The molecule has 1 atom stereocenters. The van der Waals surface area contributed by atoms with E-state index in [2.05, 4.69) is 27.6 Å². The Hall–Kier alpha value is -2.07. The van der Waals surface area contributed by atoms with Crippen molar-refractivity contribution in [2.75, 3.05) is 13.7 Å². The van der Waals surface area contributed by atoms with Gasteiger partial charge in [0, 0.05) is 3.57 Å². The molecule has 1 aromatic heterocycles. The molecule has 0 unspecified atom stereocenters. The fourth-order valence-electron chi connectivity index (χ4n) is 2.64. The maximum absolute atomic E-state index is 13.3. The van der Waals surface area contributed by atoms with Crippen molar-refractivity contribution in [3.63, 3.8) is 0 Å². The number of fused-ring (bicyclic) bond motifs is 1. The van der Waals surface area contributed by atoms with Crippen molar-refractivity contribution in [3.05, 3.63) is 56.4 Å². The molecule has 3 rings (SSSR count). The third-order valence-electron chi connectivity index (χ3n) is 4.03. The summed E-state index contributed by atoms with van der Waals surface area (Å²) < 4.78 is 12.8. The van der Waals surface area contributed by atoms with Crippen LogP contribution in [0.25, 0.3) is 16.6 Å². The minimum absolute atomic E-state index is 0.188. The third-order valence-corrected chi connectivity index (χ3v) is 5.73. The molecule has 0 bridgehead atoms. The Morgan fingerprint density at radius 1 is 1.25 bits per heavy atom. The first kappa shape index (κ1) is 20.7.